The molecule has 0 aromatic heterocycles. The van der Waals surface area contributed by atoms with Crippen LogP contribution in [0.5, 0.6) is 0 Å². The molecular formula is C13H17BrN2O3. The van der Waals surface area contributed by atoms with E-state index in [2.05, 4.69) is 21.2 Å². The Morgan fingerprint density at radius 2 is 2.05 bits per heavy atom. The quantitative estimate of drug-likeness (QED) is 0.506. The fraction of sp³-hybridized carbons (Fsp3) is 0.538. The number of hydrogen-bond acceptors (Lipinski definition) is 4. The molecule has 2 unspecified atom stereocenters. The van der Waals surface area contributed by atoms with Gasteiger partial charge in [-0.05, 0) is 34.8 Å². The summed E-state index contributed by atoms with van der Waals surface area (Å²) in [5.74, 6) is 0. The summed E-state index contributed by atoms with van der Waals surface area (Å²) in [5.41, 5.74) is 0.843. The number of nitro groups is 1. The Kier molecular flexibility index (Phi) is 4.76. The van der Waals surface area contributed by atoms with Crippen molar-refractivity contribution in [1.82, 2.24) is 0 Å². The van der Waals surface area contributed by atoms with Crippen molar-refractivity contribution in [1.29, 1.82) is 0 Å². The van der Waals surface area contributed by atoms with Crippen molar-refractivity contribution >= 4 is 27.3 Å². The monoisotopic (exact) mass is 328 g/mol. The molecule has 1 aromatic rings. The van der Waals surface area contributed by atoms with E-state index in [0.29, 0.717) is 4.47 Å². The molecule has 5 nitrogen and oxygen atoms in total. The zero-order valence-electron chi connectivity index (χ0n) is 10.5. The van der Waals surface area contributed by atoms with E-state index in [-0.39, 0.29) is 17.8 Å². The van der Waals surface area contributed by atoms with E-state index >= 15 is 0 Å². The van der Waals surface area contributed by atoms with Crippen LogP contribution in [0.15, 0.2) is 22.7 Å². The van der Waals surface area contributed by atoms with Gasteiger partial charge in [-0.15, -0.1) is 0 Å². The van der Waals surface area contributed by atoms with Gasteiger partial charge in [0.1, 0.15) is 0 Å². The van der Waals surface area contributed by atoms with Crippen LogP contribution in [0.3, 0.4) is 0 Å². The highest BCUT2D eigenvalue weighted by Crippen LogP contribution is 2.29. The summed E-state index contributed by atoms with van der Waals surface area (Å²) >= 11 is 3.33. The number of aliphatic hydroxyl groups excluding tert-OH is 1. The Balaban J connectivity index is 2.11. The van der Waals surface area contributed by atoms with E-state index in [9.17, 15) is 15.2 Å². The van der Waals surface area contributed by atoms with Gasteiger partial charge in [-0.1, -0.05) is 19.3 Å². The summed E-state index contributed by atoms with van der Waals surface area (Å²) in [6, 6.07) is 4.64. The topological polar surface area (TPSA) is 75.4 Å². The molecule has 1 aromatic carbocycles. The van der Waals surface area contributed by atoms with E-state index in [4.69, 9.17) is 0 Å². The lowest BCUT2D eigenvalue weighted by molar-refractivity contribution is -0.384. The van der Waals surface area contributed by atoms with Gasteiger partial charge in [0.05, 0.1) is 17.1 Å². The highest BCUT2D eigenvalue weighted by molar-refractivity contribution is 9.10. The number of aliphatic hydroxyl groups is 1. The second-order valence-corrected chi connectivity index (χ2v) is 5.73. The third-order valence-electron chi connectivity index (χ3n) is 3.48. The smallest absolute Gasteiger partial charge is 0.270 e. The molecule has 0 aliphatic heterocycles. The molecule has 0 radical (unpaired) electrons. The van der Waals surface area contributed by atoms with Crippen molar-refractivity contribution in [2.24, 2.45) is 0 Å². The number of benzene rings is 1. The van der Waals surface area contributed by atoms with Crippen molar-refractivity contribution in [3.63, 3.8) is 0 Å². The van der Waals surface area contributed by atoms with Gasteiger partial charge in [0.25, 0.3) is 5.69 Å². The lowest BCUT2D eigenvalue weighted by Crippen LogP contribution is -2.32. The largest absolute Gasteiger partial charge is 0.391 e. The van der Waals surface area contributed by atoms with E-state index in [1.54, 1.807) is 6.07 Å². The summed E-state index contributed by atoms with van der Waals surface area (Å²) < 4.78 is 0.651. The minimum Gasteiger partial charge on any atom is -0.391 e. The third kappa shape index (κ3) is 3.67. The first-order chi connectivity index (χ1) is 9.08. The standard InChI is InChI=1S/C13H17BrN2O3/c14-10-8-9(16(18)19)6-7-11(10)15-12-4-2-1-3-5-13(12)17/h6-8,12-13,15,17H,1-5H2. The summed E-state index contributed by atoms with van der Waals surface area (Å²) in [6.45, 7) is 0. The molecule has 6 heteroatoms. The van der Waals surface area contributed by atoms with Crippen LogP contribution in [0.4, 0.5) is 11.4 Å². The van der Waals surface area contributed by atoms with Gasteiger partial charge >= 0.3 is 0 Å². The van der Waals surface area contributed by atoms with Gasteiger partial charge in [-0.3, -0.25) is 10.1 Å². The minimum atomic E-state index is -0.422. The summed E-state index contributed by atoms with van der Waals surface area (Å²) in [4.78, 5) is 10.3. The average molecular weight is 329 g/mol. The SMILES string of the molecule is O=[N+]([O-])c1ccc(NC2CCCCCC2O)c(Br)c1. The van der Waals surface area contributed by atoms with Crippen molar-refractivity contribution in [2.45, 2.75) is 44.2 Å². The Labute approximate surface area is 120 Å². The molecule has 1 fully saturated rings. The van der Waals surface area contributed by atoms with Gasteiger partial charge in [0.15, 0.2) is 0 Å². The number of anilines is 1. The van der Waals surface area contributed by atoms with E-state index in [0.717, 1.165) is 37.8 Å². The van der Waals surface area contributed by atoms with Gasteiger partial charge in [0, 0.05) is 22.3 Å². The Morgan fingerprint density at radius 3 is 2.74 bits per heavy atom. The van der Waals surface area contributed by atoms with Crippen LogP contribution in [0.1, 0.15) is 32.1 Å². The van der Waals surface area contributed by atoms with Gasteiger partial charge < -0.3 is 10.4 Å². The molecule has 0 spiro atoms. The Hall–Kier alpha value is -1.14. The Bertz CT molecular complexity index is 467. The lowest BCUT2D eigenvalue weighted by Gasteiger charge is -2.23. The first-order valence-corrected chi connectivity index (χ1v) is 7.26. The number of nitrogens with zero attached hydrogens (tertiary/aromatic N) is 1. The predicted octanol–water partition coefficient (Wildman–Crippen LogP) is 3.46. The number of halogens is 1. The van der Waals surface area contributed by atoms with Crippen LogP contribution in [0, 0.1) is 10.1 Å². The number of rotatable bonds is 3. The average Bonchev–Trinajstić information content (AvgIpc) is 2.57. The predicted molar refractivity (Wildman–Crippen MR) is 77.3 cm³/mol. The Morgan fingerprint density at radius 1 is 1.32 bits per heavy atom. The summed E-state index contributed by atoms with van der Waals surface area (Å²) in [6.07, 6.45) is 4.67. The van der Waals surface area contributed by atoms with E-state index in [1.807, 2.05) is 0 Å². The number of non-ortho nitro benzene ring substituents is 1. The zero-order chi connectivity index (χ0) is 13.8. The molecule has 2 atom stereocenters. The van der Waals surface area contributed by atoms with Gasteiger partial charge in [-0.2, -0.15) is 0 Å². The van der Waals surface area contributed by atoms with Crippen LogP contribution >= 0.6 is 15.9 Å². The lowest BCUT2D eigenvalue weighted by atomic mass is 10.1. The maximum atomic E-state index is 10.7. The molecule has 1 saturated carbocycles. The minimum absolute atomic E-state index is 0.0141. The second kappa shape index (κ2) is 6.34. The first-order valence-electron chi connectivity index (χ1n) is 6.46. The normalized spacial score (nSPS) is 23.7. The molecule has 0 bridgehead atoms. The van der Waals surface area contributed by atoms with Crippen LogP contribution in [-0.2, 0) is 0 Å². The maximum absolute atomic E-state index is 10.7. The van der Waals surface area contributed by atoms with Crippen molar-refractivity contribution in [3.8, 4) is 0 Å². The van der Waals surface area contributed by atoms with Crippen LogP contribution < -0.4 is 5.32 Å². The molecular weight excluding hydrogens is 312 g/mol. The molecule has 2 rings (SSSR count). The van der Waals surface area contributed by atoms with Gasteiger partial charge in [0.2, 0.25) is 0 Å². The zero-order valence-corrected chi connectivity index (χ0v) is 12.1. The highest BCUT2D eigenvalue weighted by atomic mass is 79.9. The number of nitro benzene ring substituents is 1. The summed E-state index contributed by atoms with van der Waals surface area (Å²) in [5, 5.41) is 24.0. The van der Waals surface area contributed by atoms with Crippen molar-refractivity contribution < 1.29 is 10.0 Å². The van der Waals surface area contributed by atoms with Crippen molar-refractivity contribution in [2.75, 3.05) is 5.32 Å². The molecule has 2 N–H and O–H groups in total. The molecule has 0 amide bonds. The molecule has 0 heterocycles. The van der Waals surface area contributed by atoms with Crippen LogP contribution in [0.2, 0.25) is 0 Å². The van der Waals surface area contributed by atoms with E-state index in [1.165, 1.54) is 12.1 Å². The molecule has 0 saturated heterocycles. The van der Waals surface area contributed by atoms with Crippen LogP contribution in [-0.4, -0.2) is 22.2 Å². The maximum Gasteiger partial charge on any atom is 0.270 e. The van der Waals surface area contributed by atoms with Gasteiger partial charge in [-0.25, -0.2) is 0 Å². The van der Waals surface area contributed by atoms with Crippen molar-refractivity contribution in [3.05, 3.63) is 32.8 Å². The highest BCUT2D eigenvalue weighted by Gasteiger charge is 2.22. The molecule has 1 aliphatic rings. The van der Waals surface area contributed by atoms with Crippen LogP contribution in [0.25, 0.3) is 0 Å². The van der Waals surface area contributed by atoms with E-state index < -0.39 is 4.92 Å². The number of hydrogen-bond donors (Lipinski definition) is 2. The first kappa shape index (κ1) is 14.3. The fourth-order valence-corrected chi connectivity index (χ4v) is 2.87. The summed E-state index contributed by atoms with van der Waals surface area (Å²) in [7, 11) is 0. The fourth-order valence-electron chi connectivity index (χ4n) is 2.39. The second-order valence-electron chi connectivity index (χ2n) is 4.88. The molecule has 104 valence electrons. The number of nitrogens with one attached hydrogen (secondary N) is 1. The molecule has 19 heavy (non-hydrogen) atoms. The molecule has 1 aliphatic carbocycles. The third-order valence-corrected chi connectivity index (χ3v) is 4.14.